The van der Waals surface area contributed by atoms with Gasteiger partial charge in [0, 0.05) is 26.6 Å². The molecule has 6 aromatic rings. The molecule has 278 valence electrons. The van der Waals surface area contributed by atoms with E-state index >= 15 is 0 Å². The Morgan fingerprint density at radius 3 is 1.93 bits per heavy atom. The third-order valence-electron chi connectivity index (χ3n) is 16.2. The highest BCUT2D eigenvalue weighted by Gasteiger charge is 2.84. The summed E-state index contributed by atoms with van der Waals surface area (Å²) in [6.07, 6.45) is 8.17. The van der Waals surface area contributed by atoms with E-state index in [1.165, 1.54) is 98.8 Å². The van der Waals surface area contributed by atoms with E-state index in [0.29, 0.717) is 5.41 Å². The lowest BCUT2D eigenvalue weighted by Crippen LogP contribution is -2.74. The predicted molar refractivity (Wildman–Crippen MR) is 233 cm³/mol. The van der Waals surface area contributed by atoms with Crippen molar-refractivity contribution in [2.45, 2.75) is 92.3 Å². The van der Waals surface area contributed by atoms with E-state index in [9.17, 15) is 0 Å². The molecule has 4 saturated carbocycles. The van der Waals surface area contributed by atoms with Crippen LogP contribution in [0.1, 0.15) is 88.5 Å². The number of hydrogen-bond acceptors (Lipinski definition) is 2. The second-order valence-corrected chi connectivity index (χ2v) is 20.7. The van der Waals surface area contributed by atoms with Crippen LogP contribution in [0.15, 0.2) is 149 Å². The van der Waals surface area contributed by atoms with Crippen molar-refractivity contribution in [3.8, 4) is 22.3 Å². The molecule has 0 saturated heterocycles. The summed E-state index contributed by atoms with van der Waals surface area (Å²) in [5.74, 6) is 3.37. The van der Waals surface area contributed by atoms with Gasteiger partial charge < -0.3 is 4.90 Å². The van der Waals surface area contributed by atoms with Gasteiger partial charge in [0.15, 0.2) is 0 Å². The molecule has 6 aliphatic rings. The number of hydrogen-bond donors (Lipinski definition) is 0. The fourth-order valence-corrected chi connectivity index (χ4v) is 15.1. The van der Waals surface area contributed by atoms with Crippen LogP contribution in [0.5, 0.6) is 0 Å². The summed E-state index contributed by atoms with van der Waals surface area (Å²) in [5, 5.41) is 0. The highest BCUT2D eigenvalue weighted by Crippen LogP contribution is 2.89. The average molecular weight is 746 g/mol. The minimum Gasteiger partial charge on any atom is -0.310 e. The molecule has 6 unspecified atom stereocenters. The molecule has 4 fully saturated rings. The molecule has 1 heterocycles. The molecule has 6 aromatic carbocycles. The van der Waals surface area contributed by atoms with E-state index in [2.05, 4.69) is 172 Å². The molecule has 0 aromatic heterocycles. The summed E-state index contributed by atoms with van der Waals surface area (Å²) in [6, 6.07) is 53.6. The lowest BCUT2D eigenvalue weighted by atomic mass is 9.26. The molecule has 2 heteroatoms. The molecule has 2 spiro atoms. The van der Waals surface area contributed by atoms with Crippen molar-refractivity contribution in [2.75, 3.05) is 4.90 Å². The number of rotatable bonds is 5. The zero-order valence-corrected chi connectivity index (χ0v) is 34.0. The monoisotopic (exact) mass is 745 g/mol. The smallest absolute Gasteiger partial charge is 0.0502 e. The van der Waals surface area contributed by atoms with Crippen LogP contribution < -0.4 is 4.90 Å². The van der Waals surface area contributed by atoms with Crippen LogP contribution in [0.25, 0.3) is 22.3 Å². The lowest BCUT2D eigenvalue weighted by molar-refractivity contribution is -0.235. The summed E-state index contributed by atoms with van der Waals surface area (Å²) < 4.78 is 0. The Labute approximate surface area is 337 Å². The van der Waals surface area contributed by atoms with Crippen LogP contribution in [0.2, 0.25) is 0 Å². The minimum atomic E-state index is 0.0642. The highest BCUT2D eigenvalue weighted by atomic mass is 32.2. The normalized spacial score (nSPS) is 29.0. The first-order valence-electron chi connectivity index (χ1n) is 21.3. The second kappa shape index (κ2) is 11.5. The standard InChI is InChI=1S/C54H51NS/c1-51(2)26-27-52(3,4)50-43(51)16-11-17-45(50)55(40-21-18-37(19-22-40)35-12-7-5-8-13-35)41-23-25-46-44(32-41)54(48-29-34-28-39-31-49(54)53(39,48)33-34)42-24-20-38(30-47(42)56-46)36-14-9-6-10-15-36/h5-25,30,32,34,39,48-49H,26-29,31,33H2,1-4H3. The summed E-state index contributed by atoms with van der Waals surface area (Å²) in [4.78, 5) is 5.60. The molecule has 56 heavy (non-hydrogen) atoms. The fraction of sp³-hybridized carbons (Fsp3) is 0.333. The van der Waals surface area contributed by atoms with Gasteiger partial charge in [-0.3, -0.25) is 0 Å². The molecular weight excluding hydrogens is 695 g/mol. The Morgan fingerprint density at radius 1 is 0.518 bits per heavy atom. The summed E-state index contributed by atoms with van der Waals surface area (Å²) in [7, 11) is 0. The van der Waals surface area contributed by atoms with Gasteiger partial charge in [-0.2, -0.15) is 0 Å². The van der Waals surface area contributed by atoms with Crippen molar-refractivity contribution < 1.29 is 0 Å². The average Bonchev–Trinajstić information content (AvgIpc) is 3.76. The predicted octanol–water partition coefficient (Wildman–Crippen LogP) is 14.7. The Morgan fingerprint density at radius 2 is 1.18 bits per heavy atom. The van der Waals surface area contributed by atoms with E-state index in [0.717, 1.165) is 23.7 Å². The maximum absolute atomic E-state index is 2.69. The van der Waals surface area contributed by atoms with E-state index in [1.54, 1.807) is 11.1 Å². The van der Waals surface area contributed by atoms with Gasteiger partial charge in [-0.1, -0.05) is 137 Å². The first kappa shape index (κ1) is 33.6. The first-order chi connectivity index (χ1) is 27.2. The molecule has 0 radical (unpaired) electrons. The van der Waals surface area contributed by atoms with E-state index < -0.39 is 0 Å². The van der Waals surface area contributed by atoms with Crippen LogP contribution in [-0.4, -0.2) is 0 Å². The maximum atomic E-state index is 2.69. The van der Waals surface area contributed by atoms with Crippen molar-refractivity contribution in [2.24, 2.45) is 29.1 Å². The van der Waals surface area contributed by atoms with Gasteiger partial charge in [0.25, 0.3) is 0 Å². The Hall–Kier alpha value is -4.53. The molecule has 1 nitrogen and oxygen atoms in total. The summed E-state index contributed by atoms with van der Waals surface area (Å²) in [5.41, 5.74) is 16.2. The van der Waals surface area contributed by atoms with Crippen molar-refractivity contribution in [1.82, 2.24) is 0 Å². The van der Waals surface area contributed by atoms with Crippen LogP contribution in [0.3, 0.4) is 0 Å². The maximum Gasteiger partial charge on any atom is 0.0502 e. The third kappa shape index (κ3) is 4.35. The van der Waals surface area contributed by atoms with Gasteiger partial charge >= 0.3 is 0 Å². The molecule has 1 aliphatic heterocycles. The van der Waals surface area contributed by atoms with Crippen LogP contribution >= 0.6 is 11.8 Å². The molecule has 5 aliphatic carbocycles. The zero-order chi connectivity index (χ0) is 37.6. The lowest BCUT2D eigenvalue weighted by Gasteiger charge is -2.78. The van der Waals surface area contributed by atoms with Crippen molar-refractivity contribution >= 4 is 28.8 Å². The minimum absolute atomic E-state index is 0.0642. The quantitative estimate of drug-likeness (QED) is 0.173. The van der Waals surface area contributed by atoms with Gasteiger partial charge in [-0.25, -0.2) is 0 Å². The van der Waals surface area contributed by atoms with Crippen LogP contribution in [-0.2, 0) is 16.2 Å². The SMILES string of the molecule is CC1(C)CCC(C)(C)c2c(N(c3ccc(-c4ccccc4)cc3)c3ccc4c(c3)C3(c5ccc(-c6ccccc6)cc5S4)C4CC5CC6CC3C64C5)cccc21. The van der Waals surface area contributed by atoms with Gasteiger partial charge in [0.05, 0.1) is 5.69 Å². The Balaban J connectivity index is 1.06. The summed E-state index contributed by atoms with van der Waals surface area (Å²) >= 11 is 2.03. The first-order valence-corrected chi connectivity index (χ1v) is 22.1. The molecule has 12 rings (SSSR count). The van der Waals surface area contributed by atoms with Gasteiger partial charge in [-0.15, -0.1) is 0 Å². The largest absolute Gasteiger partial charge is 0.310 e. The molecule has 0 amide bonds. The summed E-state index contributed by atoms with van der Waals surface area (Å²) in [6.45, 7) is 9.88. The Kier molecular flexibility index (Phi) is 6.92. The van der Waals surface area contributed by atoms with Gasteiger partial charge in [0.2, 0.25) is 0 Å². The van der Waals surface area contributed by atoms with E-state index in [4.69, 9.17) is 0 Å². The van der Waals surface area contributed by atoms with Gasteiger partial charge in [-0.05, 0) is 165 Å². The molecule has 2 bridgehead atoms. The molecular formula is C54H51NS. The topological polar surface area (TPSA) is 3.24 Å². The third-order valence-corrected chi connectivity index (χ3v) is 17.4. The number of benzene rings is 6. The van der Waals surface area contributed by atoms with E-state index in [1.807, 2.05) is 11.8 Å². The second-order valence-electron chi connectivity index (χ2n) is 19.6. The van der Waals surface area contributed by atoms with Crippen molar-refractivity contribution in [1.29, 1.82) is 0 Å². The van der Waals surface area contributed by atoms with Crippen molar-refractivity contribution in [3.63, 3.8) is 0 Å². The zero-order valence-electron chi connectivity index (χ0n) is 33.2. The van der Waals surface area contributed by atoms with E-state index in [-0.39, 0.29) is 16.2 Å². The fourth-order valence-electron chi connectivity index (χ4n) is 13.8. The highest BCUT2D eigenvalue weighted by molar-refractivity contribution is 7.99. The molecule has 6 atom stereocenters. The Bertz CT molecular complexity index is 2550. The molecule has 0 N–H and O–H groups in total. The van der Waals surface area contributed by atoms with Crippen LogP contribution in [0.4, 0.5) is 17.1 Å². The van der Waals surface area contributed by atoms with Crippen molar-refractivity contribution in [3.05, 3.63) is 162 Å². The number of nitrogens with zero attached hydrogens (tertiary/aromatic N) is 1. The van der Waals surface area contributed by atoms with Gasteiger partial charge in [0.1, 0.15) is 0 Å². The number of anilines is 3. The number of fused-ring (bicyclic) bond motifs is 8. The van der Waals surface area contributed by atoms with Crippen LogP contribution in [0, 0.1) is 29.1 Å².